The SMILES string of the molecule is O=C(O)c1c(CN(Cc2ccccn2)Cc2ccccn2)cccc1CN(Cc1ccccn1)Cc1ccccn1. The fourth-order valence-corrected chi connectivity index (χ4v) is 4.89. The molecule has 4 heterocycles. The minimum atomic E-state index is -0.943. The second-order valence-electron chi connectivity index (χ2n) is 9.83. The zero-order valence-corrected chi connectivity index (χ0v) is 22.8. The van der Waals surface area contributed by atoms with E-state index >= 15 is 0 Å². The Bertz CT molecular complexity index is 1330. The van der Waals surface area contributed by atoms with Crippen LogP contribution >= 0.6 is 0 Å². The van der Waals surface area contributed by atoms with Crippen LogP contribution in [0.1, 0.15) is 44.3 Å². The number of pyridine rings is 4. The Hall–Kier alpha value is -4.79. The summed E-state index contributed by atoms with van der Waals surface area (Å²) in [4.78, 5) is 35.1. The zero-order chi connectivity index (χ0) is 28.3. The van der Waals surface area contributed by atoms with Crippen LogP contribution in [0, 0.1) is 0 Å². The fraction of sp³-hybridized carbons (Fsp3) is 0.182. The third kappa shape index (κ3) is 8.11. The van der Waals surface area contributed by atoms with Crippen LogP contribution in [0.5, 0.6) is 0 Å². The lowest BCUT2D eigenvalue weighted by atomic mass is 9.99. The van der Waals surface area contributed by atoms with Gasteiger partial charge in [-0.05, 0) is 59.7 Å². The first-order chi connectivity index (χ1) is 20.1. The number of rotatable bonds is 13. The number of carbonyl (C=O) groups is 1. The normalized spacial score (nSPS) is 11.2. The smallest absolute Gasteiger partial charge is 0.336 e. The second kappa shape index (κ2) is 14.0. The van der Waals surface area contributed by atoms with E-state index in [2.05, 4.69) is 29.7 Å². The van der Waals surface area contributed by atoms with Crippen molar-refractivity contribution in [3.05, 3.63) is 155 Å². The van der Waals surface area contributed by atoms with Gasteiger partial charge in [-0.1, -0.05) is 42.5 Å². The van der Waals surface area contributed by atoms with Gasteiger partial charge < -0.3 is 5.11 Å². The quantitative estimate of drug-likeness (QED) is 0.211. The van der Waals surface area contributed by atoms with Gasteiger partial charge in [0.25, 0.3) is 0 Å². The van der Waals surface area contributed by atoms with Crippen molar-refractivity contribution in [2.75, 3.05) is 0 Å². The molecule has 8 nitrogen and oxygen atoms in total. The van der Waals surface area contributed by atoms with E-state index in [4.69, 9.17) is 0 Å². The molecule has 4 aromatic heterocycles. The number of carboxylic acids is 1. The second-order valence-corrected chi connectivity index (χ2v) is 9.83. The minimum absolute atomic E-state index is 0.326. The molecule has 0 aliphatic carbocycles. The number of hydrogen-bond donors (Lipinski definition) is 1. The highest BCUT2D eigenvalue weighted by molar-refractivity contribution is 5.91. The fourth-order valence-electron chi connectivity index (χ4n) is 4.89. The number of aromatic nitrogens is 4. The van der Waals surface area contributed by atoms with Gasteiger partial charge in [0.05, 0.1) is 28.3 Å². The molecule has 0 aliphatic heterocycles. The van der Waals surface area contributed by atoms with Crippen LogP contribution in [0.3, 0.4) is 0 Å². The zero-order valence-electron chi connectivity index (χ0n) is 22.8. The van der Waals surface area contributed by atoms with E-state index in [1.165, 1.54) is 0 Å². The van der Waals surface area contributed by atoms with Crippen molar-refractivity contribution in [3.8, 4) is 0 Å². The first kappa shape index (κ1) is 27.8. The van der Waals surface area contributed by atoms with Crippen molar-refractivity contribution in [1.82, 2.24) is 29.7 Å². The molecule has 0 unspecified atom stereocenters. The molecule has 0 amide bonds. The molecule has 206 valence electrons. The molecule has 0 fully saturated rings. The summed E-state index contributed by atoms with van der Waals surface area (Å²) in [6.45, 7) is 3.11. The van der Waals surface area contributed by atoms with Gasteiger partial charge in [0.2, 0.25) is 0 Å². The molecule has 0 aliphatic rings. The molecule has 8 heteroatoms. The minimum Gasteiger partial charge on any atom is -0.478 e. The summed E-state index contributed by atoms with van der Waals surface area (Å²) in [5, 5.41) is 10.4. The van der Waals surface area contributed by atoms with Crippen molar-refractivity contribution in [2.24, 2.45) is 0 Å². The lowest BCUT2D eigenvalue weighted by Gasteiger charge is -2.25. The summed E-state index contributed by atoms with van der Waals surface area (Å²) in [5.74, 6) is -0.943. The van der Waals surface area contributed by atoms with E-state index in [-0.39, 0.29) is 0 Å². The van der Waals surface area contributed by atoms with Gasteiger partial charge in [0.15, 0.2) is 0 Å². The third-order valence-electron chi connectivity index (χ3n) is 6.69. The highest BCUT2D eigenvalue weighted by Gasteiger charge is 2.21. The third-order valence-corrected chi connectivity index (χ3v) is 6.69. The highest BCUT2D eigenvalue weighted by atomic mass is 16.4. The predicted octanol–water partition coefficient (Wildman–Crippen LogP) is 5.37. The maximum atomic E-state index is 12.8. The van der Waals surface area contributed by atoms with Crippen molar-refractivity contribution in [1.29, 1.82) is 0 Å². The van der Waals surface area contributed by atoms with Crippen LogP contribution in [0.2, 0.25) is 0 Å². The summed E-state index contributed by atoms with van der Waals surface area (Å²) < 4.78 is 0. The van der Waals surface area contributed by atoms with E-state index < -0.39 is 5.97 Å². The standard InChI is InChI=1S/C33H32N6O2/c40-33(41)32-26(20-38(22-28-12-1-5-16-34-28)23-29-13-2-6-17-35-29)10-9-11-27(32)21-39(24-30-14-3-7-18-36-30)25-31-15-4-8-19-37-31/h1-19H,20-25H2,(H,40,41). The average molecular weight is 545 g/mol. The lowest BCUT2D eigenvalue weighted by molar-refractivity contribution is 0.0691. The summed E-state index contributed by atoms with van der Waals surface area (Å²) in [7, 11) is 0. The molecule has 0 atom stereocenters. The number of nitrogens with zero attached hydrogens (tertiary/aromatic N) is 6. The monoisotopic (exact) mass is 544 g/mol. The predicted molar refractivity (Wildman–Crippen MR) is 156 cm³/mol. The van der Waals surface area contributed by atoms with Crippen LogP contribution in [0.15, 0.2) is 116 Å². The van der Waals surface area contributed by atoms with E-state index in [0.29, 0.717) is 44.8 Å². The van der Waals surface area contributed by atoms with Gasteiger partial charge in [0, 0.05) is 64.1 Å². The topological polar surface area (TPSA) is 95.3 Å². The Labute approximate surface area is 240 Å². The van der Waals surface area contributed by atoms with Gasteiger partial charge in [0.1, 0.15) is 0 Å². The molecule has 0 saturated carbocycles. The number of aromatic carboxylic acids is 1. The molecule has 0 radical (unpaired) electrons. The molecule has 0 saturated heterocycles. The molecule has 5 rings (SSSR count). The molecule has 41 heavy (non-hydrogen) atoms. The van der Waals surface area contributed by atoms with E-state index in [1.807, 2.05) is 91.0 Å². The van der Waals surface area contributed by atoms with Gasteiger partial charge in [-0.15, -0.1) is 0 Å². The Morgan fingerprint density at radius 2 is 0.829 bits per heavy atom. The summed E-state index contributed by atoms with van der Waals surface area (Å²) >= 11 is 0. The molecular formula is C33H32N6O2. The maximum Gasteiger partial charge on any atom is 0.336 e. The van der Waals surface area contributed by atoms with E-state index in [9.17, 15) is 9.90 Å². The van der Waals surface area contributed by atoms with Crippen LogP contribution in [0.4, 0.5) is 0 Å². The van der Waals surface area contributed by atoms with E-state index in [0.717, 1.165) is 33.9 Å². The molecular weight excluding hydrogens is 512 g/mol. The average Bonchev–Trinajstić information content (AvgIpc) is 2.99. The summed E-state index contributed by atoms with van der Waals surface area (Å²) in [6, 6.07) is 29.1. The Morgan fingerprint density at radius 3 is 1.10 bits per heavy atom. The molecule has 0 spiro atoms. The van der Waals surface area contributed by atoms with Gasteiger partial charge in [-0.2, -0.15) is 0 Å². The lowest BCUT2D eigenvalue weighted by Crippen LogP contribution is -2.27. The highest BCUT2D eigenvalue weighted by Crippen LogP contribution is 2.22. The van der Waals surface area contributed by atoms with Crippen LogP contribution in [-0.2, 0) is 39.3 Å². The molecule has 1 N–H and O–H groups in total. The van der Waals surface area contributed by atoms with Crippen LogP contribution in [0.25, 0.3) is 0 Å². The van der Waals surface area contributed by atoms with Gasteiger partial charge in [-0.25, -0.2) is 4.79 Å². The number of benzene rings is 1. The Morgan fingerprint density at radius 1 is 0.488 bits per heavy atom. The van der Waals surface area contributed by atoms with Crippen LogP contribution in [-0.4, -0.2) is 40.8 Å². The Kier molecular flexibility index (Phi) is 9.50. The van der Waals surface area contributed by atoms with E-state index in [1.54, 1.807) is 24.8 Å². The molecule has 1 aromatic carbocycles. The first-order valence-electron chi connectivity index (χ1n) is 13.5. The largest absolute Gasteiger partial charge is 0.478 e. The molecule has 0 bridgehead atoms. The maximum absolute atomic E-state index is 12.8. The Balaban J connectivity index is 1.44. The van der Waals surface area contributed by atoms with Gasteiger partial charge in [-0.3, -0.25) is 29.7 Å². The summed E-state index contributed by atoms with van der Waals surface area (Å²) in [6.07, 6.45) is 7.09. The molecule has 5 aromatic rings. The summed E-state index contributed by atoms with van der Waals surface area (Å²) in [5.41, 5.74) is 5.46. The first-order valence-corrected chi connectivity index (χ1v) is 13.5. The van der Waals surface area contributed by atoms with Crippen molar-refractivity contribution in [3.63, 3.8) is 0 Å². The van der Waals surface area contributed by atoms with Crippen molar-refractivity contribution >= 4 is 5.97 Å². The van der Waals surface area contributed by atoms with Crippen molar-refractivity contribution in [2.45, 2.75) is 39.3 Å². The number of hydrogen-bond acceptors (Lipinski definition) is 7. The van der Waals surface area contributed by atoms with Crippen molar-refractivity contribution < 1.29 is 9.90 Å². The number of carboxylic acid groups (broad SMARTS) is 1. The van der Waals surface area contributed by atoms with Gasteiger partial charge >= 0.3 is 5.97 Å². The van der Waals surface area contributed by atoms with Crippen LogP contribution < -0.4 is 0 Å².